The molecule has 0 spiro atoms. The van der Waals surface area contributed by atoms with Crippen LogP contribution < -0.4 is 16.8 Å². The molecule has 1 aliphatic rings. The summed E-state index contributed by atoms with van der Waals surface area (Å²) >= 11 is 0. The number of hydrogen-bond donors (Lipinski definition) is 3. The van der Waals surface area contributed by atoms with Gasteiger partial charge in [0.2, 0.25) is 0 Å². The molecule has 1 fully saturated rings. The molecule has 1 unspecified atom stereocenters. The molecule has 1 amide bonds. The lowest BCUT2D eigenvalue weighted by molar-refractivity contribution is 0.100. The van der Waals surface area contributed by atoms with Crippen LogP contribution in [0, 0.1) is 11.7 Å². The molecule has 1 saturated carbocycles. The van der Waals surface area contributed by atoms with Crippen LogP contribution in [0.1, 0.15) is 36.5 Å². The predicted molar refractivity (Wildman–Crippen MR) is 69.8 cm³/mol. The van der Waals surface area contributed by atoms with Crippen molar-refractivity contribution in [3.63, 3.8) is 0 Å². The third kappa shape index (κ3) is 2.91. The number of carbonyl (C=O) groups is 1. The van der Waals surface area contributed by atoms with Crippen LogP contribution in [0.25, 0.3) is 0 Å². The quantitative estimate of drug-likeness (QED) is 0.701. The molecule has 5 N–H and O–H groups in total. The number of nitrogens with one attached hydrogen (secondary N) is 1. The van der Waals surface area contributed by atoms with Gasteiger partial charge in [-0.2, -0.15) is 0 Å². The van der Waals surface area contributed by atoms with E-state index in [9.17, 15) is 9.18 Å². The number of halogens is 1. The van der Waals surface area contributed by atoms with Gasteiger partial charge in [-0.15, -0.1) is 0 Å². The van der Waals surface area contributed by atoms with E-state index in [1.807, 2.05) is 6.92 Å². The van der Waals surface area contributed by atoms with Gasteiger partial charge in [0.1, 0.15) is 5.82 Å². The number of nitrogens with two attached hydrogens (primary N) is 2. The lowest BCUT2D eigenvalue weighted by Gasteiger charge is -2.16. The minimum absolute atomic E-state index is 0.0698. The fourth-order valence-electron chi connectivity index (χ4n) is 2.09. The van der Waals surface area contributed by atoms with Gasteiger partial charge in [-0.05, 0) is 31.4 Å². The molecule has 1 aromatic rings. The molecular weight excluding hydrogens is 233 g/mol. The van der Waals surface area contributed by atoms with Gasteiger partial charge < -0.3 is 16.8 Å². The minimum atomic E-state index is -0.648. The van der Waals surface area contributed by atoms with Gasteiger partial charge in [-0.25, -0.2) is 4.39 Å². The van der Waals surface area contributed by atoms with Gasteiger partial charge in [0.05, 0.1) is 11.3 Å². The van der Waals surface area contributed by atoms with Crippen LogP contribution in [-0.2, 0) is 0 Å². The molecular formula is C13H18FN3O. The van der Waals surface area contributed by atoms with Crippen molar-refractivity contribution in [2.24, 2.45) is 11.7 Å². The second kappa shape index (κ2) is 4.84. The number of nitrogen functional groups attached to an aromatic ring is 1. The molecule has 98 valence electrons. The van der Waals surface area contributed by atoms with Crippen LogP contribution in [0.15, 0.2) is 12.1 Å². The number of rotatable bonds is 5. The van der Waals surface area contributed by atoms with Gasteiger partial charge in [-0.1, -0.05) is 12.8 Å². The predicted octanol–water partition coefficient (Wildman–Crippen LogP) is 2.11. The third-order valence-corrected chi connectivity index (χ3v) is 3.19. The van der Waals surface area contributed by atoms with E-state index < -0.39 is 11.7 Å². The Labute approximate surface area is 106 Å². The van der Waals surface area contributed by atoms with Crippen LogP contribution in [0.4, 0.5) is 15.8 Å². The van der Waals surface area contributed by atoms with Crippen molar-refractivity contribution in [3.05, 3.63) is 23.5 Å². The van der Waals surface area contributed by atoms with Crippen molar-refractivity contribution >= 4 is 17.3 Å². The molecule has 0 aromatic heterocycles. The minimum Gasteiger partial charge on any atom is -0.398 e. The summed E-state index contributed by atoms with van der Waals surface area (Å²) in [4.78, 5) is 11.2. The van der Waals surface area contributed by atoms with Gasteiger partial charge in [-0.3, -0.25) is 4.79 Å². The third-order valence-electron chi connectivity index (χ3n) is 3.19. The van der Waals surface area contributed by atoms with E-state index in [-0.39, 0.29) is 23.0 Å². The Kier molecular flexibility index (Phi) is 3.41. The van der Waals surface area contributed by atoms with Crippen LogP contribution in [0.5, 0.6) is 0 Å². The molecule has 1 atom stereocenters. The van der Waals surface area contributed by atoms with Crippen molar-refractivity contribution < 1.29 is 9.18 Å². The van der Waals surface area contributed by atoms with E-state index >= 15 is 0 Å². The fourth-order valence-corrected chi connectivity index (χ4v) is 2.09. The molecule has 1 aromatic carbocycles. The second-order valence-corrected chi connectivity index (χ2v) is 5.01. The molecule has 0 radical (unpaired) electrons. The molecule has 0 saturated heterocycles. The van der Waals surface area contributed by atoms with E-state index in [1.165, 1.54) is 18.9 Å². The van der Waals surface area contributed by atoms with Crippen molar-refractivity contribution in [2.75, 3.05) is 11.1 Å². The standard InChI is InChI=1S/C13H18FN3O/c1-7(4-8-2-3-8)17-12-5-9(13(16)18)11(15)6-10(12)14/h5-8,17H,2-4,15H2,1H3,(H2,16,18). The lowest BCUT2D eigenvalue weighted by Crippen LogP contribution is -2.19. The van der Waals surface area contributed by atoms with E-state index in [4.69, 9.17) is 11.5 Å². The molecule has 18 heavy (non-hydrogen) atoms. The lowest BCUT2D eigenvalue weighted by atomic mass is 10.1. The number of carbonyl (C=O) groups excluding carboxylic acids is 1. The largest absolute Gasteiger partial charge is 0.398 e. The van der Waals surface area contributed by atoms with Crippen molar-refractivity contribution in [1.82, 2.24) is 0 Å². The Morgan fingerprint density at radius 2 is 2.22 bits per heavy atom. The zero-order chi connectivity index (χ0) is 13.3. The number of benzene rings is 1. The van der Waals surface area contributed by atoms with Crippen LogP contribution in [0.2, 0.25) is 0 Å². The summed E-state index contributed by atoms with van der Waals surface area (Å²) in [6.45, 7) is 2.00. The first-order valence-corrected chi connectivity index (χ1v) is 6.12. The zero-order valence-corrected chi connectivity index (χ0v) is 10.4. The summed E-state index contributed by atoms with van der Waals surface area (Å²) in [7, 11) is 0. The first-order valence-electron chi connectivity index (χ1n) is 6.12. The Morgan fingerprint density at radius 3 is 2.78 bits per heavy atom. The van der Waals surface area contributed by atoms with Crippen LogP contribution >= 0.6 is 0 Å². The van der Waals surface area contributed by atoms with E-state index in [2.05, 4.69) is 5.32 Å². The summed E-state index contributed by atoms with van der Waals surface area (Å²) in [6.07, 6.45) is 3.52. The van der Waals surface area contributed by atoms with E-state index in [0.29, 0.717) is 0 Å². The summed E-state index contributed by atoms with van der Waals surface area (Å²) in [5.41, 5.74) is 11.2. The van der Waals surface area contributed by atoms with Crippen LogP contribution in [-0.4, -0.2) is 11.9 Å². The molecule has 1 aliphatic carbocycles. The van der Waals surface area contributed by atoms with Crippen molar-refractivity contribution in [2.45, 2.75) is 32.2 Å². The maximum atomic E-state index is 13.7. The highest BCUT2D eigenvalue weighted by atomic mass is 19.1. The molecule has 0 heterocycles. The Bertz CT molecular complexity index is 472. The highest BCUT2D eigenvalue weighted by Gasteiger charge is 2.24. The van der Waals surface area contributed by atoms with Gasteiger partial charge in [0.25, 0.3) is 5.91 Å². The Hall–Kier alpha value is -1.78. The number of primary amides is 1. The first-order chi connectivity index (χ1) is 8.47. The van der Waals surface area contributed by atoms with Gasteiger partial charge in [0.15, 0.2) is 0 Å². The zero-order valence-electron chi connectivity index (χ0n) is 10.4. The average Bonchev–Trinajstić information content (AvgIpc) is 3.05. The maximum absolute atomic E-state index is 13.7. The van der Waals surface area contributed by atoms with Crippen LogP contribution in [0.3, 0.4) is 0 Å². The average molecular weight is 251 g/mol. The topological polar surface area (TPSA) is 81.1 Å². The highest BCUT2D eigenvalue weighted by molar-refractivity contribution is 5.99. The second-order valence-electron chi connectivity index (χ2n) is 5.01. The van der Waals surface area contributed by atoms with Crippen molar-refractivity contribution in [1.29, 1.82) is 0 Å². The van der Waals surface area contributed by atoms with E-state index in [0.717, 1.165) is 18.4 Å². The summed E-state index contributed by atoms with van der Waals surface area (Å²) in [5, 5.41) is 3.07. The van der Waals surface area contributed by atoms with Gasteiger partial charge >= 0.3 is 0 Å². The highest BCUT2D eigenvalue weighted by Crippen LogP contribution is 2.34. The summed E-state index contributed by atoms with van der Waals surface area (Å²) in [6, 6.07) is 2.68. The number of anilines is 2. The van der Waals surface area contributed by atoms with Crippen molar-refractivity contribution in [3.8, 4) is 0 Å². The smallest absolute Gasteiger partial charge is 0.250 e. The molecule has 0 bridgehead atoms. The Balaban J connectivity index is 2.15. The SMILES string of the molecule is CC(CC1CC1)Nc1cc(C(N)=O)c(N)cc1F. The number of amides is 1. The number of hydrogen-bond acceptors (Lipinski definition) is 3. The monoisotopic (exact) mass is 251 g/mol. The van der Waals surface area contributed by atoms with Gasteiger partial charge in [0, 0.05) is 11.7 Å². The summed E-state index contributed by atoms with van der Waals surface area (Å²) in [5.74, 6) is -0.356. The Morgan fingerprint density at radius 1 is 1.56 bits per heavy atom. The molecule has 5 heteroatoms. The first kappa shape index (κ1) is 12.7. The molecule has 4 nitrogen and oxygen atoms in total. The van der Waals surface area contributed by atoms with E-state index in [1.54, 1.807) is 0 Å². The summed E-state index contributed by atoms with van der Waals surface area (Å²) < 4.78 is 13.7. The normalized spacial score (nSPS) is 16.3. The fraction of sp³-hybridized carbons (Fsp3) is 0.462. The molecule has 0 aliphatic heterocycles. The molecule has 2 rings (SSSR count). The maximum Gasteiger partial charge on any atom is 0.250 e.